The summed E-state index contributed by atoms with van der Waals surface area (Å²) in [7, 11) is -3.28. The standard InChI is InChI=1S/C23H25N3O4S/c1-31(28,29)25-19-14-15-26(16-19)21(27)13-12-20-24-22(17-8-4-2-5-9-17)23(30-20)18-10-6-3-7-11-18/h2-11,19,25H,12-16H2,1H3. The molecule has 31 heavy (non-hydrogen) atoms. The van der Waals surface area contributed by atoms with Gasteiger partial charge >= 0.3 is 0 Å². The second kappa shape index (κ2) is 9.03. The molecule has 1 N–H and O–H groups in total. The molecule has 1 aliphatic rings. The summed E-state index contributed by atoms with van der Waals surface area (Å²) in [6.07, 6.45) is 2.39. The van der Waals surface area contributed by atoms with E-state index >= 15 is 0 Å². The summed E-state index contributed by atoms with van der Waals surface area (Å²) < 4.78 is 31.5. The van der Waals surface area contributed by atoms with Gasteiger partial charge in [0.05, 0.1) is 6.26 Å². The first-order valence-electron chi connectivity index (χ1n) is 10.2. The van der Waals surface area contributed by atoms with E-state index in [-0.39, 0.29) is 18.4 Å². The maximum atomic E-state index is 12.6. The lowest BCUT2D eigenvalue weighted by molar-refractivity contribution is -0.130. The summed E-state index contributed by atoms with van der Waals surface area (Å²) in [5.41, 5.74) is 2.64. The van der Waals surface area contributed by atoms with Gasteiger partial charge in [-0.3, -0.25) is 4.79 Å². The first-order valence-corrected chi connectivity index (χ1v) is 12.1. The Hall–Kier alpha value is -2.97. The largest absolute Gasteiger partial charge is 0.440 e. The Bertz CT molecular complexity index is 1090. The van der Waals surface area contributed by atoms with Crippen LogP contribution in [-0.2, 0) is 21.2 Å². The molecule has 162 valence electrons. The molecule has 1 saturated heterocycles. The van der Waals surface area contributed by atoms with Crippen molar-refractivity contribution in [2.45, 2.75) is 25.3 Å². The topological polar surface area (TPSA) is 92.5 Å². The molecule has 1 aliphatic heterocycles. The molecule has 1 unspecified atom stereocenters. The number of sulfonamides is 1. The third-order valence-electron chi connectivity index (χ3n) is 5.23. The predicted octanol–water partition coefficient (Wildman–Crippen LogP) is 3.09. The molecular formula is C23H25N3O4S. The molecule has 1 amide bonds. The predicted molar refractivity (Wildman–Crippen MR) is 119 cm³/mol. The van der Waals surface area contributed by atoms with Crippen molar-refractivity contribution in [2.24, 2.45) is 0 Å². The molecule has 1 fully saturated rings. The number of aromatic nitrogens is 1. The van der Waals surface area contributed by atoms with Crippen LogP contribution in [0.25, 0.3) is 22.6 Å². The number of carbonyl (C=O) groups excluding carboxylic acids is 1. The molecule has 3 aromatic rings. The number of amides is 1. The molecule has 1 aromatic heterocycles. The summed E-state index contributed by atoms with van der Waals surface area (Å²) >= 11 is 0. The van der Waals surface area contributed by atoms with E-state index in [1.165, 1.54) is 0 Å². The van der Waals surface area contributed by atoms with Crippen LogP contribution < -0.4 is 4.72 Å². The molecule has 0 radical (unpaired) electrons. The van der Waals surface area contributed by atoms with Gasteiger partial charge in [0.2, 0.25) is 15.9 Å². The minimum atomic E-state index is -3.28. The maximum Gasteiger partial charge on any atom is 0.223 e. The van der Waals surface area contributed by atoms with E-state index in [0.717, 1.165) is 23.1 Å². The van der Waals surface area contributed by atoms with E-state index in [4.69, 9.17) is 4.42 Å². The lowest BCUT2D eigenvalue weighted by Crippen LogP contribution is -2.37. The molecule has 1 atom stereocenters. The second-order valence-corrected chi connectivity index (χ2v) is 9.51. The number of hydrogen-bond donors (Lipinski definition) is 1. The highest BCUT2D eigenvalue weighted by molar-refractivity contribution is 7.88. The van der Waals surface area contributed by atoms with Crippen LogP contribution in [0.3, 0.4) is 0 Å². The highest BCUT2D eigenvalue weighted by Gasteiger charge is 2.28. The molecule has 0 spiro atoms. The van der Waals surface area contributed by atoms with Gasteiger partial charge in [-0.05, 0) is 6.42 Å². The lowest BCUT2D eigenvalue weighted by Gasteiger charge is -2.16. The van der Waals surface area contributed by atoms with E-state index in [2.05, 4.69) is 9.71 Å². The minimum absolute atomic E-state index is 0.0291. The number of oxazole rings is 1. The molecule has 2 aromatic carbocycles. The Kier molecular flexibility index (Phi) is 6.20. The Balaban J connectivity index is 1.47. The Labute approximate surface area is 182 Å². The van der Waals surface area contributed by atoms with Crippen LogP contribution in [0.2, 0.25) is 0 Å². The number of nitrogens with zero attached hydrogens (tertiary/aromatic N) is 2. The van der Waals surface area contributed by atoms with E-state index < -0.39 is 10.0 Å². The third-order valence-corrected chi connectivity index (χ3v) is 5.99. The first kappa shape index (κ1) is 21.3. The summed E-state index contributed by atoms with van der Waals surface area (Å²) in [5, 5.41) is 0. The van der Waals surface area contributed by atoms with Gasteiger partial charge < -0.3 is 9.32 Å². The molecule has 0 aliphatic carbocycles. The fourth-order valence-electron chi connectivity index (χ4n) is 3.81. The number of aryl methyl sites for hydroxylation is 1. The number of benzene rings is 2. The molecule has 7 nitrogen and oxygen atoms in total. The zero-order valence-corrected chi connectivity index (χ0v) is 18.1. The molecule has 2 heterocycles. The highest BCUT2D eigenvalue weighted by Crippen LogP contribution is 2.32. The van der Waals surface area contributed by atoms with Gasteiger partial charge in [0.15, 0.2) is 11.7 Å². The lowest BCUT2D eigenvalue weighted by atomic mass is 10.1. The van der Waals surface area contributed by atoms with Gasteiger partial charge in [-0.2, -0.15) is 0 Å². The summed E-state index contributed by atoms with van der Waals surface area (Å²) in [4.78, 5) is 19.0. The Morgan fingerprint density at radius 2 is 1.74 bits per heavy atom. The van der Waals surface area contributed by atoms with Gasteiger partial charge in [-0.25, -0.2) is 18.1 Å². The van der Waals surface area contributed by atoms with Gasteiger partial charge in [0, 0.05) is 43.1 Å². The molecule has 4 rings (SSSR count). The molecule has 0 saturated carbocycles. The third kappa shape index (κ3) is 5.39. The smallest absolute Gasteiger partial charge is 0.223 e. The van der Waals surface area contributed by atoms with Gasteiger partial charge in [-0.15, -0.1) is 0 Å². The van der Waals surface area contributed by atoms with Crippen LogP contribution in [-0.4, -0.2) is 49.6 Å². The van der Waals surface area contributed by atoms with Crippen LogP contribution in [0.4, 0.5) is 0 Å². The van der Waals surface area contributed by atoms with Gasteiger partial charge in [0.1, 0.15) is 5.69 Å². The van der Waals surface area contributed by atoms with Crippen molar-refractivity contribution in [1.82, 2.24) is 14.6 Å². The zero-order valence-electron chi connectivity index (χ0n) is 17.3. The molecule has 8 heteroatoms. The van der Waals surface area contributed by atoms with E-state index in [1.807, 2.05) is 60.7 Å². The number of carbonyl (C=O) groups is 1. The van der Waals surface area contributed by atoms with Gasteiger partial charge in [-0.1, -0.05) is 60.7 Å². The van der Waals surface area contributed by atoms with Crippen LogP contribution in [0.1, 0.15) is 18.7 Å². The van der Waals surface area contributed by atoms with E-state index in [0.29, 0.717) is 37.6 Å². The number of likely N-dealkylation sites (tertiary alicyclic amines) is 1. The SMILES string of the molecule is CS(=O)(=O)NC1CCN(C(=O)CCc2nc(-c3ccccc3)c(-c3ccccc3)o2)C1. The Morgan fingerprint density at radius 3 is 2.39 bits per heavy atom. The number of hydrogen-bond acceptors (Lipinski definition) is 5. The highest BCUT2D eigenvalue weighted by atomic mass is 32.2. The normalized spacial score (nSPS) is 16.5. The van der Waals surface area contributed by atoms with Crippen molar-refractivity contribution in [1.29, 1.82) is 0 Å². The first-order chi connectivity index (χ1) is 14.9. The van der Waals surface area contributed by atoms with Crippen LogP contribution in [0.15, 0.2) is 65.1 Å². The van der Waals surface area contributed by atoms with Crippen molar-refractivity contribution < 1.29 is 17.6 Å². The van der Waals surface area contributed by atoms with Crippen LogP contribution in [0.5, 0.6) is 0 Å². The maximum absolute atomic E-state index is 12.6. The van der Waals surface area contributed by atoms with E-state index in [9.17, 15) is 13.2 Å². The monoisotopic (exact) mass is 439 g/mol. The Morgan fingerprint density at radius 1 is 1.10 bits per heavy atom. The molecular weight excluding hydrogens is 414 g/mol. The van der Waals surface area contributed by atoms with Crippen LogP contribution >= 0.6 is 0 Å². The average molecular weight is 440 g/mol. The summed E-state index contributed by atoms with van der Waals surface area (Å²) in [5.74, 6) is 1.17. The van der Waals surface area contributed by atoms with Crippen molar-refractivity contribution in [3.63, 3.8) is 0 Å². The van der Waals surface area contributed by atoms with E-state index in [1.54, 1.807) is 4.90 Å². The summed E-state index contributed by atoms with van der Waals surface area (Å²) in [6.45, 7) is 0.935. The van der Waals surface area contributed by atoms with Crippen molar-refractivity contribution in [2.75, 3.05) is 19.3 Å². The van der Waals surface area contributed by atoms with Crippen molar-refractivity contribution in [3.8, 4) is 22.6 Å². The molecule has 0 bridgehead atoms. The van der Waals surface area contributed by atoms with Crippen molar-refractivity contribution in [3.05, 3.63) is 66.6 Å². The second-order valence-electron chi connectivity index (χ2n) is 7.73. The number of rotatable bonds is 7. The minimum Gasteiger partial charge on any atom is -0.440 e. The summed E-state index contributed by atoms with van der Waals surface area (Å²) in [6, 6.07) is 19.4. The fourth-order valence-corrected chi connectivity index (χ4v) is 4.60. The van der Waals surface area contributed by atoms with Gasteiger partial charge in [0.25, 0.3) is 0 Å². The number of nitrogens with one attached hydrogen (secondary N) is 1. The zero-order chi connectivity index (χ0) is 21.8. The van der Waals surface area contributed by atoms with Crippen LogP contribution in [0, 0.1) is 0 Å². The fraction of sp³-hybridized carbons (Fsp3) is 0.304. The quantitative estimate of drug-likeness (QED) is 0.611. The van der Waals surface area contributed by atoms with Crippen molar-refractivity contribution >= 4 is 15.9 Å². The average Bonchev–Trinajstić information content (AvgIpc) is 3.39.